The molecule has 1 aromatic carbocycles. The van der Waals surface area contributed by atoms with Crippen LogP contribution in [0.3, 0.4) is 0 Å². The summed E-state index contributed by atoms with van der Waals surface area (Å²) < 4.78 is 5.40. The molecule has 19 heavy (non-hydrogen) atoms. The lowest BCUT2D eigenvalue weighted by atomic mass is 9.97. The number of methoxy groups -OCH3 is 1. The number of carbonyl (C=O) groups is 1. The van der Waals surface area contributed by atoms with Crippen molar-refractivity contribution >= 4 is 11.6 Å². The standard InChI is InChI=1S/C15H22N2O2/c1-10-6-7-13(19-5)12(8-10)17-11(2)9-16-15(3,4)14(17)18/h6-8,11,16H,9H2,1-5H3. The van der Waals surface area contributed by atoms with E-state index in [2.05, 4.69) is 5.32 Å². The van der Waals surface area contributed by atoms with E-state index in [9.17, 15) is 4.79 Å². The van der Waals surface area contributed by atoms with Gasteiger partial charge in [0.1, 0.15) is 5.75 Å². The molecule has 1 saturated heterocycles. The van der Waals surface area contributed by atoms with Crippen LogP contribution in [0, 0.1) is 6.92 Å². The monoisotopic (exact) mass is 262 g/mol. The minimum Gasteiger partial charge on any atom is -0.495 e. The van der Waals surface area contributed by atoms with Crippen molar-refractivity contribution < 1.29 is 9.53 Å². The van der Waals surface area contributed by atoms with Crippen molar-refractivity contribution in [2.45, 2.75) is 39.3 Å². The van der Waals surface area contributed by atoms with E-state index in [0.29, 0.717) is 0 Å². The number of rotatable bonds is 2. The van der Waals surface area contributed by atoms with Gasteiger partial charge in [0.05, 0.1) is 18.3 Å². The molecular weight excluding hydrogens is 240 g/mol. The maximum absolute atomic E-state index is 12.6. The van der Waals surface area contributed by atoms with Crippen LogP contribution in [0.2, 0.25) is 0 Å². The zero-order valence-electron chi connectivity index (χ0n) is 12.3. The van der Waals surface area contributed by atoms with Gasteiger partial charge in [0.15, 0.2) is 0 Å². The quantitative estimate of drug-likeness (QED) is 0.887. The second-order valence-electron chi connectivity index (χ2n) is 5.71. The second kappa shape index (κ2) is 4.85. The van der Waals surface area contributed by atoms with E-state index in [4.69, 9.17) is 4.74 Å². The lowest BCUT2D eigenvalue weighted by Crippen LogP contribution is -2.65. The number of benzene rings is 1. The molecule has 0 bridgehead atoms. The zero-order chi connectivity index (χ0) is 14.2. The smallest absolute Gasteiger partial charge is 0.247 e. The lowest BCUT2D eigenvalue weighted by molar-refractivity contribution is -0.125. The predicted octanol–water partition coefficient (Wildman–Crippen LogP) is 2.11. The number of hydrogen-bond donors (Lipinski definition) is 1. The Morgan fingerprint density at radius 3 is 2.74 bits per heavy atom. The molecule has 1 unspecified atom stereocenters. The van der Waals surface area contributed by atoms with E-state index in [1.54, 1.807) is 7.11 Å². The highest BCUT2D eigenvalue weighted by Crippen LogP contribution is 2.33. The van der Waals surface area contributed by atoms with E-state index < -0.39 is 5.54 Å². The minimum atomic E-state index is -0.540. The van der Waals surface area contributed by atoms with Crippen LogP contribution in [0.1, 0.15) is 26.3 Å². The third-order valence-corrected chi connectivity index (χ3v) is 3.63. The fourth-order valence-electron chi connectivity index (χ4n) is 2.41. The van der Waals surface area contributed by atoms with Gasteiger partial charge in [0.25, 0.3) is 0 Å². The molecule has 0 aromatic heterocycles. The Morgan fingerprint density at radius 2 is 2.11 bits per heavy atom. The van der Waals surface area contributed by atoms with E-state index in [1.807, 2.05) is 50.8 Å². The van der Waals surface area contributed by atoms with Gasteiger partial charge in [-0.1, -0.05) is 6.07 Å². The van der Waals surface area contributed by atoms with Gasteiger partial charge in [-0.15, -0.1) is 0 Å². The highest BCUT2D eigenvalue weighted by atomic mass is 16.5. The van der Waals surface area contributed by atoms with Crippen LogP contribution in [-0.2, 0) is 4.79 Å². The van der Waals surface area contributed by atoms with Gasteiger partial charge < -0.3 is 15.0 Å². The van der Waals surface area contributed by atoms with Crippen molar-refractivity contribution in [2.24, 2.45) is 0 Å². The van der Waals surface area contributed by atoms with E-state index in [0.717, 1.165) is 23.5 Å². The van der Waals surface area contributed by atoms with Crippen LogP contribution >= 0.6 is 0 Å². The van der Waals surface area contributed by atoms with Crippen LogP contribution in [0.4, 0.5) is 5.69 Å². The summed E-state index contributed by atoms with van der Waals surface area (Å²) in [7, 11) is 1.64. The molecule has 1 fully saturated rings. The Hall–Kier alpha value is -1.55. The maximum Gasteiger partial charge on any atom is 0.247 e. The average molecular weight is 262 g/mol. The number of nitrogens with zero attached hydrogens (tertiary/aromatic N) is 1. The summed E-state index contributed by atoms with van der Waals surface area (Å²) in [5, 5.41) is 3.28. The molecule has 0 spiro atoms. The van der Waals surface area contributed by atoms with Crippen LogP contribution in [0.25, 0.3) is 0 Å². The highest BCUT2D eigenvalue weighted by molar-refractivity contribution is 6.02. The largest absolute Gasteiger partial charge is 0.495 e. The summed E-state index contributed by atoms with van der Waals surface area (Å²) in [5.74, 6) is 0.818. The summed E-state index contributed by atoms with van der Waals surface area (Å²) in [4.78, 5) is 14.5. The molecule has 1 aromatic rings. The Labute approximate surface area is 114 Å². The molecule has 2 rings (SSSR count). The normalized spacial score (nSPS) is 22.5. The maximum atomic E-state index is 12.6. The van der Waals surface area contributed by atoms with Gasteiger partial charge >= 0.3 is 0 Å². The number of amides is 1. The van der Waals surface area contributed by atoms with Gasteiger partial charge in [-0.25, -0.2) is 0 Å². The molecule has 1 atom stereocenters. The Bertz CT molecular complexity index is 497. The van der Waals surface area contributed by atoms with Gasteiger partial charge in [-0.3, -0.25) is 4.79 Å². The second-order valence-corrected chi connectivity index (χ2v) is 5.71. The molecule has 1 heterocycles. The summed E-state index contributed by atoms with van der Waals surface area (Å²) in [6.45, 7) is 8.66. The molecule has 1 N–H and O–H groups in total. The summed E-state index contributed by atoms with van der Waals surface area (Å²) in [5.41, 5.74) is 1.43. The van der Waals surface area contributed by atoms with Gasteiger partial charge in [-0.05, 0) is 45.4 Å². The first-order chi connectivity index (χ1) is 8.86. The van der Waals surface area contributed by atoms with E-state index in [1.165, 1.54) is 0 Å². The number of carbonyl (C=O) groups excluding carboxylic acids is 1. The first kappa shape index (κ1) is 13.9. The van der Waals surface area contributed by atoms with Crippen LogP contribution in [-0.4, -0.2) is 31.1 Å². The number of hydrogen-bond acceptors (Lipinski definition) is 3. The van der Waals surface area contributed by atoms with Crippen molar-refractivity contribution in [1.29, 1.82) is 0 Å². The fourth-order valence-corrected chi connectivity index (χ4v) is 2.41. The van der Waals surface area contributed by atoms with Crippen molar-refractivity contribution in [1.82, 2.24) is 5.32 Å². The van der Waals surface area contributed by atoms with Crippen LogP contribution in [0.15, 0.2) is 18.2 Å². The Morgan fingerprint density at radius 1 is 1.42 bits per heavy atom. The minimum absolute atomic E-state index is 0.0788. The molecule has 1 aliphatic rings. The first-order valence-corrected chi connectivity index (χ1v) is 6.60. The number of aryl methyl sites for hydroxylation is 1. The van der Waals surface area contributed by atoms with Crippen LogP contribution < -0.4 is 15.0 Å². The summed E-state index contributed by atoms with van der Waals surface area (Å²) >= 11 is 0. The molecule has 0 radical (unpaired) electrons. The molecular formula is C15H22N2O2. The zero-order valence-corrected chi connectivity index (χ0v) is 12.3. The van der Waals surface area contributed by atoms with E-state index >= 15 is 0 Å². The Kier molecular flexibility index (Phi) is 3.54. The lowest BCUT2D eigenvalue weighted by Gasteiger charge is -2.42. The average Bonchev–Trinajstić information content (AvgIpc) is 2.35. The van der Waals surface area contributed by atoms with Gasteiger partial charge in [0.2, 0.25) is 5.91 Å². The third kappa shape index (κ3) is 2.45. The molecule has 1 aliphatic heterocycles. The number of piperazine rings is 1. The van der Waals surface area contributed by atoms with Crippen LogP contribution in [0.5, 0.6) is 5.75 Å². The van der Waals surface area contributed by atoms with Gasteiger partial charge in [-0.2, -0.15) is 0 Å². The van der Waals surface area contributed by atoms with E-state index in [-0.39, 0.29) is 11.9 Å². The number of anilines is 1. The van der Waals surface area contributed by atoms with Gasteiger partial charge in [0, 0.05) is 12.6 Å². The SMILES string of the molecule is COc1ccc(C)cc1N1C(=O)C(C)(C)NCC1C. The molecule has 4 nitrogen and oxygen atoms in total. The highest BCUT2D eigenvalue weighted by Gasteiger charge is 2.40. The number of ether oxygens (including phenoxy) is 1. The summed E-state index contributed by atoms with van der Waals surface area (Å²) in [6, 6.07) is 6.02. The number of nitrogens with one attached hydrogen (secondary N) is 1. The van der Waals surface area contributed by atoms with Crippen molar-refractivity contribution in [3.63, 3.8) is 0 Å². The van der Waals surface area contributed by atoms with Crippen molar-refractivity contribution in [2.75, 3.05) is 18.6 Å². The molecule has 104 valence electrons. The third-order valence-electron chi connectivity index (χ3n) is 3.63. The molecule has 0 aliphatic carbocycles. The molecule has 4 heteroatoms. The summed E-state index contributed by atoms with van der Waals surface area (Å²) in [6.07, 6.45) is 0. The Balaban J connectivity index is 2.49. The van der Waals surface area contributed by atoms with Crippen molar-refractivity contribution in [3.8, 4) is 5.75 Å². The molecule has 1 amide bonds. The molecule has 0 saturated carbocycles. The first-order valence-electron chi connectivity index (χ1n) is 6.60. The fraction of sp³-hybridized carbons (Fsp3) is 0.533. The van der Waals surface area contributed by atoms with Crippen molar-refractivity contribution in [3.05, 3.63) is 23.8 Å². The predicted molar refractivity (Wildman–Crippen MR) is 76.8 cm³/mol. The topological polar surface area (TPSA) is 41.6 Å².